The van der Waals surface area contributed by atoms with E-state index in [9.17, 15) is 0 Å². The highest BCUT2D eigenvalue weighted by Gasteiger charge is 2.28. The van der Waals surface area contributed by atoms with Crippen LogP contribution < -0.4 is 15.0 Å². The van der Waals surface area contributed by atoms with E-state index in [2.05, 4.69) is 35.5 Å². The number of ether oxygens (including phenoxy) is 1. The summed E-state index contributed by atoms with van der Waals surface area (Å²) in [6.07, 6.45) is 3.29. The fourth-order valence-corrected chi connectivity index (χ4v) is 2.55. The van der Waals surface area contributed by atoms with Gasteiger partial charge in [-0.25, -0.2) is 4.98 Å². The zero-order chi connectivity index (χ0) is 15.6. The highest BCUT2D eigenvalue weighted by atomic mass is 16.5. The van der Waals surface area contributed by atoms with E-state index in [1.54, 1.807) is 30.2 Å². The van der Waals surface area contributed by atoms with Crippen LogP contribution in [0.25, 0.3) is 5.65 Å². The molecule has 9 heteroatoms. The van der Waals surface area contributed by atoms with Crippen molar-refractivity contribution >= 4 is 17.4 Å². The van der Waals surface area contributed by atoms with Crippen molar-refractivity contribution in [3.63, 3.8) is 0 Å². The van der Waals surface area contributed by atoms with Gasteiger partial charge in [-0.3, -0.25) is 0 Å². The second kappa shape index (κ2) is 5.67. The van der Waals surface area contributed by atoms with Crippen LogP contribution in [0.1, 0.15) is 0 Å². The Hall–Kier alpha value is -2.97. The average molecular weight is 312 g/mol. The number of aromatic nitrogens is 6. The van der Waals surface area contributed by atoms with Crippen molar-refractivity contribution in [1.29, 1.82) is 0 Å². The molecule has 0 spiro atoms. The van der Waals surface area contributed by atoms with Crippen LogP contribution in [0.5, 0.6) is 5.88 Å². The number of rotatable bonds is 5. The van der Waals surface area contributed by atoms with Gasteiger partial charge in [0.25, 0.3) is 0 Å². The fraction of sp³-hybridized carbons (Fsp3) is 0.357. The molecule has 0 aliphatic carbocycles. The van der Waals surface area contributed by atoms with E-state index in [0.717, 1.165) is 31.1 Å². The Labute approximate surface area is 132 Å². The maximum Gasteiger partial charge on any atom is 0.225 e. The van der Waals surface area contributed by atoms with Crippen LogP contribution in [0, 0.1) is 5.92 Å². The van der Waals surface area contributed by atoms with E-state index in [-0.39, 0.29) is 0 Å². The third-order valence-corrected chi connectivity index (χ3v) is 3.82. The standard InChI is InChI=1S/C14H16N8O/c1-23-13-4-5-15-14(18-13)16-6-10-7-21(8-10)12-3-2-11-19-17-9-22(11)20-12/h2-5,9-10H,6-8H2,1H3,(H,15,16,18). The zero-order valence-corrected chi connectivity index (χ0v) is 12.6. The molecule has 4 heterocycles. The molecule has 3 aromatic rings. The molecule has 3 aromatic heterocycles. The maximum atomic E-state index is 5.09. The third kappa shape index (κ3) is 2.72. The molecule has 23 heavy (non-hydrogen) atoms. The summed E-state index contributed by atoms with van der Waals surface area (Å²) in [5, 5.41) is 15.5. The summed E-state index contributed by atoms with van der Waals surface area (Å²) in [6, 6.07) is 5.62. The predicted octanol–water partition coefficient (Wildman–Crippen LogP) is 0.471. The van der Waals surface area contributed by atoms with Crippen LogP contribution in [-0.2, 0) is 0 Å². The van der Waals surface area contributed by atoms with Crippen molar-refractivity contribution in [2.24, 2.45) is 5.92 Å². The molecule has 1 N–H and O–H groups in total. The monoisotopic (exact) mass is 312 g/mol. The van der Waals surface area contributed by atoms with Crippen molar-refractivity contribution in [3.8, 4) is 5.88 Å². The molecule has 1 saturated heterocycles. The van der Waals surface area contributed by atoms with Gasteiger partial charge in [-0.05, 0) is 12.1 Å². The first kappa shape index (κ1) is 13.7. The molecule has 1 fully saturated rings. The Morgan fingerprint density at radius 1 is 1.30 bits per heavy atom. The number of fused-ring (bicyclic) bond motifs is 1. The SMILES string of the molecule is COc1ccnc(NCC2CN(c3ccc4nncn4n3)C2)n1. The zero-order valence-electron chi connectivity index (χ0n) is 12.6. The molecule has 1 aliphatic rings. The minimum absolute atomic E-state index is 0.531. The first-order chi connectivity index (χ1) is 11.3. The van der Waals surface area contributed by atoms with E-state index < -0.39 is 0 Å². The summed E-state index contributed by atoms with van der Waals surface area (Å²) < 4.78 is 6.77. The largest absolute Gasteiger partial charge is 0.481 e. The van der Waals surface area contributed by atoms with Gasteiger partial charge in [0.05, 0.1) is 7.11 Å². The van der Waals surface area contributed by atoms with Gasteiger partial charge in [-0.15, -0.1) is 15.3 Å². The van der Waals surface area contributed by atoms with Crippen molar-refractivity contribution in [2.45, 2.75) is 0 Å². The van der Waals surface area contributed by atoms with Gasteiger partial charge in [0.15, 0.2) is 5.65 Å². The molecule has 0 bridgehead atoms. The molecule has 0 aromatic carbocycles. The lowest BCUT2D eigenvalue weighted by atomic mass is 10.0. The van der Waals surface area contributed by atoms with Crippen LogP contribution in [0.15, 0.2) is 30.7 Å². The molecule has 0 atom stereocenters. The summed E-state index contributed by atoms with van der Waals surface area (Å²) in [6.45, 7) is 2.70. The first-order valence-electron chi connectivity index (χ1n) is 7.35. The van der Waals surface area contributed by atoms with Gasteiger partial charge in [0.1, 0.15) is 12.1 Å². The summed E-state index contributed by atoms with van der Waals surface area (Å²) in [7, 11) is 1.59. The van der Waals surface area contributed by atoms with E-state index in [4.69, 9.17) is 4.74 Å². The summed E-state index contributed by atoms with van der Waals surface area (Å²) in [5.41, 5.74) is 0.752. The average Bonchev–Trinajstić information content (AvgIpc) is 3.01. The normalized spacial score (nSPS) is 14.7. The lowest BCUT2D eigenvalue weighted by molar-refractivity contribution is 0.396. The molecule has 0 amide bonds. The van der Waals surface area contributed by atoms with Crippen molar-refractivity contribution < 1.29 is 4.74 Å². The minimum atomic E-state index is 0.531. The number of anilines is 2. The molecule has 4 rings (SSSR count). The molecule has 1 aliphatic heterocycles. The topological polar surface area (TPSA) is 93.4 Å². The van der Waals surface area contributed by atoms with E-state index in [0.29, 0.717) is 17.7 Å². The molecule has 0 unspecified atom stereocenters. The Bertz CT molecular complexity index is 813. The summed E-state index contributed by atoms with van der Waals surface area (Å²) in [5.74, 6) is 2.62. The lowest BCUT2D eigenvalue weighted by Crippen LogP contribution is -2.50. The fourth-order valence-electron chi connectivity index (χ4n) is 2.55. The molecule has 9 nitrogen and oxygen atoms in total. The minimum Gasteiger partial charge on any atom is -0.481 e. The van der Waals surface area contributed by atoms with Crippen LogP contribution in [0.2, 0.25) is 0 Å². The summed E-state index contributed by atoms with van der Waals surface area (Å²) in [4.78, 5) is 10.6. The third-order valence-electron chi connectivity index (χ3n) is 3.82. The molecular formula is C14H16N8O. The van der Waals surface area contributed by atoms with Gasteiger partial charge < -0.3 is 15.0 Å². The quantitative estimate of drug-likeness (QED) is 0.727. The predicted molar refractivity (Wildman–Crippen MR) is 83.6 cm³/mol. The molecule has 0 radical (unpaired) electrons. The molecule has 0 saturated carbocycles. The number of methoxy groups -OCH3 is 1. The molecule has 118 valence electrons. The smallest absolute Gasteiger partial charge is 0.225 e. The second-order valence-electron chi connectivity index (χ2n) is 5.40. The van der Waals surface area contributed by atoms with Crippen LogP contribution in [0.3, 0.4) is 0 Å². The summed E-state index contributed by atoms with van der Waals surface area (Å²) >= 11 is 0. The highest BCUT2D eigenvalue weighted by molar-refractivity contribution is 5.47. The Balaban J connectivity index is 1.32. The maximum absolute atomic E-state index is 5.09. The van der Waals surface area contributed by atoms with Crippen LogP contribution in [-0.4, -0.2) is 56.5 Å². The van der Waals surface area contributed by atoms with Crippen molar-refractivity contribution in [3.05, 3.63) is 30.7 Å². The Morgan fingerprint density at radius 2 is 2.22 bits per heavy atom. The lowest BCUT2D eigenvalue weighted by Gasteiger charge is -2.40. The number of nitrogens with one attached hydrogen (secondary N) is 1. The first-order valence-corrected chi connectivity index (χ1v) is 7.35. The van der Waals surface area contributed by atoms with Gasteiger partial charge in [-0.1, -0.05) is 0 Å². The van der Waals surface area contributed by atoms with Crippen LogP contribution >= 0.6 is 0 Å². The second-order valence-corrected chi connectivity index (χ2v) is 5.40. The highest BCUT2D eigenvalue weighted by Crippen LogP contribution is 2.22. The van der Waals surface area contributed by atoms with Gasteiger partial charge in [0.2, 0.25) is 11.8 Å². The molecular weight excluding hydrogens is 296 g/mol. The van der Waals surface area contributed by atoms with E-state index in [1.165, 1.54) is 0 Å². The Kier molecular flexibility index (Phi) is 3.37. The van der Waals surface area contributed by atoms with E-state index >= 15 is 0 Å². The number of nitrogens with zero attached hydrogens (tertiary/aromatic N) is 7. The van der Waals surface area contributed by atoms with Gasteiger partial charge in [0, 0.05) is 37.8 Å². The Morgan fingerprint density at radius 3 is 3.09 bits per heavy atom. The van der Waals surface area contributed by atoms with Gasteiger partial charge in [-0.2, -0.15) is 9.50 Å². The van der Waals surface area contributed by atoms with Crippen molar-refractivity contribution in [1.82, 2.24) is 29.8 Å². The van der Waals surface area contributed by atoms with Crippen LogP contribution in [0.4, 0.5) is 11.8 Å². The number of hydrogen-bond donors (Lipinski definition) is 1. The van der Waals surface area contributed by atoms with Gasteiger partial charge >= 0.3 is 0 Å². The van der Waals surface area contributed by atoms with E-state index in [1.807, 2.05) is 12.1 Å². The van der Waals surface area contributed by atoms with Crippen molar-refractivity contribution in [2.75, 3.05) is 37.0 Å². The number of hydrogen-bond acceptors (Lipinski definition) is 8.